The zero-order chi connectivity index (χ0) is 19.7. The predicted octanol–water partition coefficient (Wildman–Crippen LogP) is 4.12. The van der Waals surface area contributed by atoms with Gasteiger partial charge in [-0.3, -0.25) is 9.59 Å². The van der Waals surface area contributed by atoms with E-state index in [0.717, 1.165) is 16.8 Å². The quantitative estimate of drug-likeness (QED) is 0.492. The highest BCUT2D eigenvalue weighted by Gasteiger charge is 2.28. The second-order valence-corrected chi connectivity index (χ2v) is 6.98. The molecular formula is C21H17ClN2O4. The third-order valence-corrected chi connectivity index (χ3v) is 4.83. The van der Waals surface area contributed by atoms with Crippen LogP contribution in [0.1, 0.15) is 28.5 Å². The van der Waals surface area contributed by atoms with E-state index in [1.54, 1.807) is 41.3 Å². The summed E-state index contributed by atoms with van der Waals surface area (Å²) in [7, 11) is 0. The Labute approximate surface area is 166 Å². The fraction of sp³-hybridized carbons (Fsp3) is 0.190. The van der Waals surface area contributed by atoms with Gasteiger partial charge >= 0.3 is 5.97 Å². The van der Waals surface area contributed by atoms with Gasteiger partial charge in [0.25, 0.3) is 5.91 Å². The first-order valence-corrected chi connectivity index (χ1v) is 9.20. The van der Waals surface area contributed by atoms with Gasteiger partial charge in [-0.05, 0) is 42.5 Å². The lowest BCUT2D eigenvalue weighted by Crippen LogP contribution is -2.35. The van der Waals surface area contributed by atoms with Crippen molar-refractivity contribution in [2.45, 2.75) is 19.9 Å². The number of rotatable bonds is 3. The van der Waals surface area contributed by atoms with Gasteiger partial charge in [0.1, 0.15) is 5.75 Å². The molecule has 1 aromatic heterocycles. The third-order valence-electron chi connectivity index (χ3n) is 4.57. The summed E-state index contributed by atoms with van der Waals surface area (Å²) in [6, 6.07) is 13.9. The van der Waals surface area contributed by atoms with Crippen LogP contribution >= 0.6 is 11.6 Å². The summed E-state index contributed by atoms with van der Waals surface area (Å²) in [5, 5.41) is 4.81. The van der Waals surface area contributed by atoms with Crippen molar-refractivity contribution in [2.24, 2.45) is 0 Å². The van der Waals surface area contributed by atoms with Gasteiger partial charge in [-0.1, -0.05) is 22.8 Å². The summed E-state index contributed by atoms with van der Waals surface area (Å²) in [5.41, 5.74) is 3.09. The van der Waals surface area contributed by atoms with Crippen molar-refractivity contribution < 1.29 is 18.8 Å². The standard InChI is InChI=1S/C21H17ClN2O4/c1-13(25)27-17-4-2-3-15(11-17)21(26)24-10-9-19-18(12-24)20(28-23-19)14-5-7-16(22)8-6-14/h2-8,11H,9-10,12H2,1H3. The maximum atomic E-state index is 13.0. The van der Waals surface area contributed by atoms with Crippen molar-refractivity contribution in [3.63, 3.8) is 0 Å². The molecule has 1 amide bonds. The average Bonchev–Trinajstić information content (AvgIpc) is 3.11. The summed E-state index contributed by atoms with van der Waals surface area (Å²) in [6.07, 6.45) is 0.613. The topological polar surface area (TPSA) is 72.6 Å². The summed E-state index contributed by atoms with van der Waals surface area (Å²) in [5.74, 6) is 0.438. The van der Waals surface area contributed by atoms with Crippen molar-refractivity contribution in [3.05, 3.63) is 70.4 Å². The van der Waals surface area contributed by atoms with Gasteiger partial charge in [-0.15, -0.1) is 0 Å². The Bertz CT molecular complexity index is 1040. The number of aromatic nitrogens is 1. The molecule has 0 spiro atoms. The van der Waals surface area contributed by atoms with Gasteiger partial charge < -0.3 is 14.2 Å². The molecule has 3 aromatic rings. The number of carbonyl (C=O) groups excluding carboxylic acids is 2. The molecule has 0 unspecified atom stereocenters. The van der Waals surface area contributed by atoms with Crippen LogP contribution in [-0.2, 0) is 17.8 Å². The van der Waals surface area contributed by atoms with Crippen LogP contribution in [0.15, 0.2) is 53.1 Å². The zero-order valence-corrected chi connectivity index (χ0v) is 15.9. The minimum Gasteiger partial charge on any atom is -0.427 e. The molecule has 0 saturated heterocycles. The smallest absolute Gasteiger partial charge is 0.308 e. The second-order valence-electron chi connectivity index (χ2n) is 6.54. The molecule has 1 aliphatic rings. The first kappa shape index (κ1) is 18.3. The number of fused-ring (bicyclic) bond motifs is 1. The monoisotopic (exact) mass is 396 g/mol. The number of halogens is 1. The molecule has 0 radical (unpaired) electrons. The molecule has 0 bridgehead atoms. The Morgan fingerprint density at radius 2 is 1.96 bits per heavy atom. The Kier molecular flexibility index (Phi) is 4.88. The number of carbonyl (C=O) groups is 2. The van der Waals surface area contributed by atoms with Crippen molar-refractivity contribution in [2.75, 3.05) is 6.54 Å². The van der Waals surface area contributed by atoms with E-state index in [0.29, 0.717) is 41.6 Å². The van der Waals surface area contributed by atoms with E-state index in [4.69, 9.17) is 20.9 Å². The minimum absolute atomic E-state index is 0.136. The molecule has 2 aromatic carbocycles. The highest BCUT2D eigenvalue weighted by Crippen LogP contribution is 2.31. The zero-order valence-electron chi connectivity index (χ0n) is 15.1. The van der Waals surface area contributed by atoms with Crippen LogP contribution in [0.2, 0.25) is 5.02 Å². The van der Waals surface area contributed by atoms with Crippen LogP contribution in [0.5, 0.6) is 5.75 Å². The van der Waals surface area contributed by atoms with Gasteiger partial charge in [0.2, 0.25) is 0 Å². The first-order chi connectivity index (χ1) is 13.5. The molecule has 0 saturated carbocycles. The predicted molar refractivity (Wildman–Crippen MR) is 103 cm³/mol. The number of ether oxygens (including phenoxy) is 1. The molecule has 0 N–H and O–H groups in total. The van der Waals surface area contributed by atoms with E-state index in [9.17, 15) is 9.59 Å². The molecule has 4 rings (SSSR count). The molecule has 0 aliphatic carbocycles. The molecule has 28 heavy (non-hydrogen) atoms. The van der Waals surface area contributed by atoms with Crippen LogP contribution in [0.4, 0.5) is 0 Å². The van der Waals surface area contributed by atoms with Gasteiger partial charge in [0, 0.05) is 41.6 Å². The van der Waals surface area contributed by atoms with Gasteiger partial charge in [0.15, 0.2) is 5.76 Å². The molecule has 142 valence electrons. The Morgan fingerprint density at radius 1 is 1.18 bits per heavy atom. The fourth-order valence-electron chi connectivity index (χ4n) is 3.26. The SMILES string of the molecule is CC(=O)Oc1cccc(C(=O)N2CCc3noc(-c4ccc(Cl)cc4)c3C2)c1. The van der Waals surface area contributed by atoms with Crippen LogP contribution in [0.3, 0.4) is 0 Å². The van der Waals surface area contributed by atoms with Gasteiger partial charge in [-0.2, -0.15) is 0 Å². The molecule has 0 atom stereocenters. The first-order valence-electron chi connectivity index (χ1n) is 8.82. The van der Waals surface area contributed by atoms with Crippen LogP contribution in [0, 0.1) is 0 Å². The maximum Gasteiger partial charge on any atom is 0.308 e. The maximum absolute atomic E-state index is 13.0. The number of amides is 1. The Morgan fingerprint density at radius 3 is 2.71 bits per heavy atom. The van der Waals surface area contributed by atoms with Crippen molar-refractivity contribution in [1.29, 1.82) is 0 Å². The summed E-state index contributed by atoms with van der Waals surface area (Å²) in [6.45, 7) is 2.26. The average molecular weight is 397 g/mol. The van der Waals surface area contributed by atoms with E-state index in [1.807, 2.05) is 12.1 Å². The van der Waals surface area contributed by atoms with Gasteiger partial charge in [-0.25, -0.2) is 0 Å². The van der Waals surface area contributed by atoms with Crippen molar-refractivity contribution >= 4 is 23.5 Å². The van der Waals surface area contributed by atoms with Gasteiger partial charge in [0.05, 0.1) is 12.2 Å². The minimum atomic E-state index is -0.427. The lowest BCUT2D eigenvalue weighted by molar-refractivity contribution is -0.131. The highest BCUT2D eigenvalue weighted by molar-refractivity contribution is 6.30. The normalized spacial score (nSPS) is 13.1. The van der Waals surface area contributed by atoms with Crippen LogP contribution in [-0.4, -0.2) is 28.5 Å². The molecular weight excluding hydrogens is 380 g/mol. The van der Waals surface area contributed by atoms with Crippen molar-refractivity contribution in [3.8, 4) is 17.1 Å². The van der Waals surface area contributed by atoms with E-state index in [-0.39, 0.29) is 5.91 Å². The Hall–Kier alpha value is -3.12. The number of benzene rings is 2. The lowest BCUT2D eigenvalue weighted by Gasteiger charge is -2.26. The third kappa shape index (κ3) is 3.64. The number of hydrogen-bond donors (Lipinski definition) is 0. The molecule has 0 fully saturated rings. The van der Waals surface area contributed by atoms with E-state index in [1.165, 1.54) is 6.92 Å². The fourth-order valence-corrected chi connectivity index (χ4v) is 3.38. The molecule has 2 heterocycles. The molecule has 6 nitrogen and oxygen atoms in total. The van der Waals surface area contributed by atoms with Crippen molar-refractivity contribution in [1.82, 2.24) is 10.1 Å². The highest BCUT2D eigenvalue weighted by atomic mass is 35.5. The summed E-state index contributed by atoms with van der Waals surface area (Å²) >= 11 is 5.96. The second kappa shape index (κ2) is 7.48. The van der Waals surface area contributed by atoms with E-state index in [2.05, 4.69) is 5.16 Å². The van der Waals surface area contributed by atoms with E-state index >= 15 is 0 Å². The molecule has 7 heteroatoms. The number of nitrogens with zero attached hydrogens (tertiary/aromatic N) is 2. The number of esters is 1. The lowest BCUT2D eigenvalue weighted by atomic mass is 10.0. The van der Waals surface area contributed by atoms with Crippen LogP contribution in [0.25, 0.3) is 11.3 Å². The van der Waals surface area contributed by atoms with Crippen LogP contribution < -0.4 is 4.74 Å². The molecule has 1 aliphatic heterocycles. The number of hydrogen-bond acceptors (Lipinski definition) is 5. The van der Waals surface area contributed by atoms with E-state index < -0.39 is 5.97 Å². The summed E-state index contributed by atoms with van der Waals surface area (Å²) < 4.78 is 10.6. The summed E-state index contributed by atoms with van der Waals surface area (Å²) in [4.78, 5) is 25.9. The largest absolute Gasteiger partial charge is 0.427 e. The Balaban J connectivity index is 1.58.